The third-order valence-electron chi connectivity index (χ3n) is 4.44. The van der Waals surface area contributed by atoms with E-state index in [9.17, 15) is 22.0 Å². The van der Waals surface area contributed by atoms with Crippen molar-refractivity contribution in [3.05, 3.63) is 82.5 Å². The summed E-state index contributed by atoms with van der Waals surface area (Å²) in [6, 6.07) is 14.2. The van der Waals surface area contributed by atoms with E-state index in [1.807, 2.05) is 0 Å². The summed E-state index contributed by atoms with van der Waals surface area (Å²) in [6.07, 6.45) is 1.04. The van der Waals surface area contributed by atoms with Crippen molar-refractivity contribution in [1.82, 2.24) is 0 Å². The Morgan fingerprint density at radius 3 is 2.47 bits per heavy atom. The van der Waals surface area contributed by atoms with Crippen LogP contribution in [0.2, 0.25) is 0 Å². The van der Waals surface area contributed by atoms with Crippen LogP contribution in [-0.4, -0.2) is 20.6 Å². The number of hydrogen-bond donors (Lipinski definition) is 2. The number of fused-ring (bicyclic) bond motifs is 1. The van der Waals surface area contributed by atoms with Crippen LogP contribution in [0.1, 0.15) is 10.6 Å². The molecule has 0 aliphatic rings. The molecule has 0 spiro atoms. The van der Waals surface area contributed by atoms with Gasteiger partial charge in [0.25, 0.3) is 5.91 Å². The second kappa shape index (κ2) is 8.36. The van der Waals surface area contributed by atoms with Crippen LogP contribution in [0.15, 0.2) is 69.6 Å². The molecule has 32 heavy (non-hydrogen) atoms. The maximum atomic E-state index is 14.2. The van der Waals surface area contributed by atoms with Crippen LogP contribution in [-0.2, 0) is 10.0 Å². The first-order chi connectivity index (χ1) is 15.1. The zero-order valence-corrected chi connectivity index (χ0v) is 18.9. The number of sulfonamides is 1. The molecule has 0 aliphatic heterocycles. The molecule has 0 atom stereocenters. The highest BCUT2D eigenvalue weighted by molar-refractivity contribution is 9.10. The molecule has 4 rings (SSSR count). The fraction of sp³-hybridized carbons (Fsp3) is 0.0455. The fourth-order valence-corrected chi connectivity index (χ4v) is 4.21. The molecule has 2 N–H and O–H groups in total. The molecule has 10 heteroatoms. The Labute approximate surface area is 190 Å². The SMILES string of the molecule is CS(=O)(=O)Nc1ccc2oc(C(=O)Nc3cc(Br)cc(-c4ccc(F)cc4F)c3)cc2c1. The van der Waals surface area contributed by atoms with Gasteiger partial charge < -0.3 is 9.73 Å². The van der Waals surface area contributed by atoms with Gasteiger partial charge in [-0.2, -0.15) is 0 Å². The molecular weight excluding hydrogens is 506 g/mol. The van der Waals surface area contributed by atoms with Crippen LogP contribution in [0.25, 0.3) is 22.1 Å². The zero-order chi connectivity index (χ0) is 23.0. The minimum atomic E-state index is -3.44. The summed E-state index contributed by atoms with van der Waals surface area (Å²) < 4.78 is 58.7. The van der Waals surface area contributed by atoms with E-state index in [1.165, 1.54) is 18.2 Å². The molecule has 1 amide bonds. The quantitative estimate of drug-likeness (QED) is 0.350. The third kappa shape index (κ3) is 4.97. The second-order valence-corrected chi connectivity index (χ2v) is 9.71. The lowest BCUT2D eigenvalue weighted by Gasteiger charge is -2.09. The average molecular weight is 521 g/mol. The average Bonchev–Trinajstić information content (AvgIpc) is 3.09. The maximum absolute atomic E-state index is 14.2. The predicted molar refractivity (Wildman–Crippen MR) is 122 cm³/mol. The number of hydrogen-bond acceptors (Lipinski definition) is 4. The van der Waals surface area contributed by atoms with Gasteiger partial charge in [0.05, 0.1) is 6.26 Å². The molecule has 4 aromatic rings. The van der Waals surface area contributed by atoms with Gasteiger partial charge in [-0.1, -0.05) is 15.9 Å². The lowest BCUT2D eigenvalue weighted by molar-refractivity contribution is 0.0998. The van der Waals surface area contributed by atoms with Crippen molar-refractivity contribution >= 4 is 54.2 Å². The van der Waals surface area contributed by atoms with Crippen molar-refractivity contribution in [3.63, 3.8) is 0 Å². The summed E-state index contributed by atoms with van der Waals surface area (Å²) in [6.45, 7) is 0. The minimum Gasteiger partial charge on any atom is -0.451 e. The lowest BCUT2D eigenvalue weighted by atomic mass is 10.0. The van der Waals surface area contributed by atoms with E-state index >= 15 is 0 Å². The molecule has 0 fully saturated rings. The maximum Gasteiger partial charge on any atom is 0.291 e. The van der Waals surface area contributed by atoms with Gasteiger partial charge in [-0.25, -0.2) is 17.2 Å². The summed E-state index contributed by atoms with van der Waals surface area (Å²) in [4.78, 5) is 12.7. The van der Waals surface area contributed by atoms with Crippen LogP contribution >= 0.6 is 15.9 Å². The van der Waals surface area contributed by atoms with Gasteiger partial charge in [-0.05, 0) is 60.2 Å². The number of rotatable bonds is 5. The molecule has 1 heterocycles. The van der Waals surface area contributed by atoms with E-state index in [-0.39, 0.29) is 11.3 Å². The summed E-state index contributed by atoms with van der Waals surface area (Å²) in [5.74, 6) is -1.96. The number of benzene rings is 3. The molecular formula is C22H15BrF2N2O4S. The molecule has 0 saturated carbocycles. The minimum absolute atomic E-state index is 0.00555. The Morgan fingerprint density at radius 1 is 0.969 bits per heavy atom. The number of nitrogens with one attached hydrogen (secondary N) is 2. The smallest absolute Gasteiger partial charge is 0.291 e. The van der Waals surface area contributed by atoms with E-state index < -0.39 is 27.6 Å². The topological polar surface area (TPSA) is 88.4 Å². The monoisotopic (exact) mass is 520 g/mol. The highest BCUT2D eigenvalue weighted by atomic mass is 79.9. The third-order valence-corrected chi connectivity index (χ3v) is 5.51. The Kier molecular flexibility index (Phi) is 5.74. The molecule has 0 bridgehead atoms. The van der Waals surface area contributed by atoms with E-state index in [1.54, 1.807) is 30.3 Å². The first kappa shape index (κ1) is 22.0. The lowest BCUT2D eigenvalue weighted by Crippen LogP contribution is -2.10. The Morgan fingerprint density at radius 2 is 1.75 bits per heavy atom. The number of halogens is 3. The highest BCUT2D eigenvalue weighted by Crippen LogP contribution is 2.30. The predicted octanol–water partition coefficient (Wildman–Crippen LogP) is 5.76. The number of furan rings is 1. The molecule has 164 valence electrons. The van der Waals surface area contributed by atoms with Gasteiger partial charge in [0.15, 0.2) is 5.76 Å². The van der Waals surface area contributed by atoms with E-state index in [4.69, 9.17) is 4.42 Å². The summed E-state index contributed by atoms with van der Waals surface area (Å²) in [5, 5.41) is 3.22. The van der Waals surface area contributed by atoms with Gasteiger partial charge in [-0.3, -0.25) is 9.52 Å². The summed E-state index contributed by atoms with van der Waals surface area (Å²) in [5.41, 5.74) is 1.72. The molecule has 0 unspecified atom stereocenters. The van der Waals surface area contributed by atoms with Crippen LogP contribution in [0.5, 0.6) is 0 Å². The largest absolute Gasteiger partial charge is 0.451 e. The number of anilines is 2. The van der Waals surface area contributed by atoms with E-state index in [2.05, 4.69) is 26.0 Å². The zero-order valence-electron chi connectivity index (χ0n) is 16.4. The normalized spacial score (nSPS) is 11.5. The number of carbonyl (C=O) groups is 1. The molecule has 1 aromatic heterocycles. The van der Waals surface area contributed by atoms with E-state index in [0.29, 0.717) is 32.4 Å². The number of amides is 1. The van der Waals surface area contributed by atoms with Crippen molar-refractivity contribution in [2.75, 3.05) is 16.3 Å². The first-order valence-corrected chi connectivity index (χ1v) is 11.8. The molecule has 6 nitrogen and oxygen atoms in total. The Balaban J connectivity index is 1.61. The highest BCUT2D eigenvalue weighted by Gasteiger charge is 2.15. The van der Waals surface area contributed by atoms with Gasteiger partial charge in [0.2, 0.25) is 10.0 Å². The Hall–Kier alpha value is -3.24. The van der Waals surface area contributed by atoms with Crippen LogP contribution < -0.4 is 10.0 Å². The second-order valence-electron chi connectivity index (χ2n) is 7.04. The van der Waals surface area contributed by atoms with Crippen LogP contribution in [0.4, 0.5) is 20.2 Å². The molecule has 3 aromatic carbocycles. The first-order valence-electron chi connectivity index (χ1n) is 9.16. The van der Waals surface area contributed by atoms with Crippen molar-refractivity contribution in [2.45, 2.75) is 0 Å². The summed E-state index contributed by atoms with van der Waals surface area (Å²) >= 11 is 3.33. The van der Waals surface area contributed by atoms with E-state index in [0.717, 1.165) is 18.4 Å². The fourth-order valence-electron chi connectivity index (χ4n) is 3.17. The van der Waals surface area contributed by atoms with Gasteiger partial charge in [0, 0.05) is 32.9 Å². The van der Waals surface area contributed by atoms with Crippen molar-refractivity contribution in [1.29, 1.82) is 0 Å². The van der Waals surface area contributed by atoms with Gasteiger partial charge in [-0.15, -0.1) is 0 Å². The number of carbonyl (C=O) groups excluding carboxylic acids is 1. The van der Waals surface area contributed by atoms with Crippen molar-refractivity contribution in [2.24, 2.45) is 0 Å². The van der Waals surface area contributed by atoms with Crippen LogP contribution in [0, 0.1) is 11.6 Å². The van der Waals surface area contributed by atoms with Crippen LogP contribution in [0.3, 0.4) is 0 Å². The van der Waals surface area contributed by atoms with Gasteiger partial charge >= 0.3 is 0 Å². The van der Waals surface area contributed by atoms with Crippen molar-refractivity contribution in [3.8, 4) is 11.1 Å². The standard InChI is InChI=1S/C22H15BrF2N2O4S/c1-32(29,30)27-16-3-5-20-13(8-16)9-21(31-20)22(28)26-17-7-12(6-14(23)10-17)18-4-2-15(24)11-19(18)25/h2-11,27H,1H3,(H,26,28). The summed E-state index contributed by atoms with van der Waals surface area (Å²) in [7, 11) is -3.44. The molecule has 0 saturated heterocycles. The van der Waals surface area contributed by atoms with Crippen molar-refractivity contribution < 1.29 is 26.4 Å². The van der Waals surface area contributed by atoms with Gasteiger partial charge in [0.1, 0.15) is 17.2 Å². The molecule has 0 aliphatic carbocycles. The molecule has 0 radical (unpaired) electrons. The Bertz CT molecular complexity index is 1470.